The fourth-order valence-electron chi connectivity index (χ4n) is 2.46. The molecule has 2 aromatic carbocycles. The second-order valence-electron chi connectivity index (χ2n) is 7.47. The first kappa shape index (κ1) is 22.5. The van der Waals surface area contributed by atoms with Crippen molar-refractivity contribution in [2.24, 2.45) is 0 Å². The minimum absolute atomic E-state index is 0.0839. The average Bonchev–Trinajstić information content (AvgIpc) is 2.65. The van der Waals surface area contributed by atoms with Gasteiger partial charge in [0.1, 0.15) is 17.2 Å². The normalized spacial score (nSPS) is 11.3. The Bertz CT molecular complexity index is 1010. The number of carbonyl (C=O) groups excluding carboxylic acids is 2. The lowest BCUT2D eigenvalue weighted by Crippen LogP contribution is -2.26. The minimum Gasteiger partial charge on any atom is -0.493 e. The Labute approximate surface area is 175 Å². The molecule has 30 heavy (non-hydrogen) atoms. The fraction of sp³-hybridized carbons (Fsp3) is 0.261. The second kappa shape index (κ2) is 9.61. The van der Waals surface area contributed by atoms with Crippen LogP contribution in [0, 0.1) is 18.3 Å². The van der Waals surface area contributed by atoms with Gasteiger partial charge in [-0.1, -0.05) is 18.2 Å². The number of aryl methyl sites for hydroxylation is 1. The zero-order chi connectivity index (χ0) is 22.3. The molecule has 1 N–H and O–H groups in total. The van der Waals surface area contributed by atoms with Crippen molar-refractivity contribution in [3.63, 3.8) is 0 Å². The molecule has 0 aliphatic rings. The predicted octanol–water partition coefficient (Wildman–Crippen LogP) is 4.86. The van der Waals surface area contributed by atoms with Gasteiger partial charge in [0.25, 0.3) is 5.91 Å². The monoisotopic (exact) mass is 408 g/mol. The smallest absolute Gasteiger partial charge is 0.493 e. The molecule has 1 amide bonds. The van der Waals surface area contributed by atoms with Crippen molar-refractivity contribution in [2.45, 2.75) is 33.3 Å². The van der Waals surface area contributed by atoms with Crippen LogP contribution in [0.3, 0.4) is 0 Å². The van der Waals surface area contributed by atoms with Gasteiger partial charge in [0.2, 0.25) is 0 Å². The summed E-state index contributed by atoms with van der Waals surface area (Å²) in [6, 6.07) is 13.8. The van der Waals surface area contributed by atoms with E-state index in [1.165, 1.54) is 19.3 Å². The van der Waals surface area contributed by atoms with E-state index in [0.29, 0.717) is 11.3 Å². The molecular formula is C23H24N2O5. The highest BCUT2D eigenvalue weighted by Crippen LogP contribution is 2.30. The van der Waals surface area contributed by atoms with Gasteiger partial charge in [-0.15, -0.1) is 0 Å². The van der Waals surface area contributed by atoms with Gasteiger partial charge in [0.15, 0.2) is 11.5 Å². The van der Waals surface area contributed by atoms with Crippen molar-refractivity contribution in [3.8, 4) is 17.6 Å². The zero-order valence-electron chi connectivity index (χ0n) is 17.6. The largest absolute Gasteiger partial charge is 0.514 e. The molecule has 0 fully saturated rings. The number of nitrogens with zero attached hydrogens (tertiary/aromatic N) is 1. The van der Waals surface area contributed by atoms with E-state index < -0.39 is 17.7 Å². The summed E-state index contributed by atoms with van der Waals surface area (Å²) in [7, 11) is 1.42. The van der Waals surface area contributed by atoms with Gasteiger partial charge in [-0.3, -0.25) is 4.79 Å². The van der Waals surface area contributed by atoms with E-state index in [1.54, 1.807) is 45.0 Å². The van der Waals surface area contributed by atoms with Crippen LogP contribution in [0.2, 0.25) is 0 Å². The number of benzene rings is 2. The minimum atomic E-state index is -0.862. The van der Waals surface area contributed by atoms with Crippen LogP contribution in [0.4, 0.5) is 10.5 Å². The first-order valence-electron chi connectivity index (χ1n) is 9.20. The van der Waals surface area contributed by atoms with Crippen molar-refractivity contribution in [1.82, 2.24) is 0 Å². The summed E-state index contributed by atoms with van der Waals surface area (Å²) < 4.78 is 15.6. The molecule has 156 valence electrons. The van der Waals surface area contributed by atoms with E-state index in [9.17, 15) is 14.9 Å². The van der Waals surface area contributed by atoms with Gasteiger partial charge < -0.3 is 19.5 Å². The van der Waals surface area contributed by atoms with Crippen LogP contribution >= 0.6 is 0 Å². The summed E-state index contributed by atoms with van der Waals surface area (Å²) in [6.45, 7) is 7.09. The third-order valence-electron chi connectivity index (χ3n) is 3.72. The molecule has 0 heterocycles. The van der Waals surface area contributed by atoms with Gasteiger partial charge in [0, 0.05) is 5.69 Å². The number of amides is 1. The number of rotatable bonds is 5. The molecule has 2 rings (SSSR count). The number of methoxy groups -OCH3 is 1. The molecule has 0 aliphatic carbocycles. The first-order valence-corrected chi connectivity index (χ1v) is 9.20. The molecule has 0 aliphatic heterocycles. The van der Waals surface area contributed by atoms with E-state index in [2.05, 4.69) is 5.32 Å². The first-order chi connectivity index (χ1) is 14.1. The lowest BCUT2D eigenvalue weighted by Gasteiger charge is -2.19. The highest BCUT2D eigenvalue weighted by Gasteiger charge is 2.20. The van der Waals surface area contributed by atoms with Crippen molar-refractivity contribution in [1.29, 1.82) is 5.26 Å². The van der Waals surface area contributed by atoms with E-state index in [1.807, 2.05) is 25.1 Å². The average molecular weight is 408 g/mol. The second-order valence-corrected chi connectivity index (χ2v) is 7.47. The molecule has 0 radical (unpaired) electrons. The number of anilines is 1. The van der Waals surface area contributed by atoms with Gasteiger partial charge in [-0.25, -0.2) is 4.79 Å². The van der Waals surface area contributed by atoms with Crippen LogP contribution in [0.5, 0.6) is 11.5 Å². The van der Waals surface area contributed by atoms with Crippen molar-refractivity contribution in [2.75, 3.05) is 12.4 Å². The lowest BCUT2D eigenvalue weighted by atomic mass is 10.1. The van der Waals surface area contributed by atoms with Gasteiger partial charge in [-0.05, 0) is 69.2 Å². The number of hydrogen-bond donors (Lipinski definition) is 1. The molecule has 0 aromatic heterocycles. The molecule has 7 heteroatoms. The topological polar surface area (TPSA) is 97.6 Å². The van der Waals surface area contributed by atoms with E-state index in [-0.39, 0.29) is 17.1 Å². The standard InChI is InChI=1S/C23H24N2O5/c1-15-7-6-8-18(11-15)25-21(26)17(14-24)12-16-9-10-19(20(13-16)28-5)29-22(27)30-23(2,3)4/h6-13H,1-5H3,(H,25,26)/b17-12+. The van der Waals surface area contributed by atoms with Gasteiger partial charge >= 0.3 is 6.16 Å². The summed E-state index contributed by atoms with van der Waals surface area (Å²) in [6.07, 6.45) is 0.560. The fourth-order valence-corrected chi connectivity index (χ4v) is 2.46. The summed E-state index contributed by atoms with van der Waals surface area (Å²) >= 11 is 0. The van der Waals surface area contributed by atoms with Crippen molar-refractivity contribution in [3.05, 3.63) is 59.2 Å². The molecule has 0 saturated heterocycles. The maximum Gasteiger partial charge on any atom is 0.514 e. The van der Waals surface area contributed by atoms with Crippen LogP contribution in [-0.4, -0.2) is 24.8 Å². The van der Waals surface area contributed by atoms with Crippen LogP contribution in [0.15, 0.2) is 48.0 Å². The van der Waals surface area contributed by atoms with Crippen LogP contribution in [-0.2, 0) is 9.53 Å². The third kappa shape index (κ3) is 6.67. The Morgan fingerprint density at radius 1 is 1.10 bits per heavy atom. The van der Waals surface area contributed by atoms with Gasteiger partial charge in [-0.2, -0.15) is 5.26 Å². The predicted molar refractivity (Wildman–Crippen MR) is 113 cm³/mol. The summed E-state index contributed by atoms with van der Waals surface area (Å²) in [5.41, 5.74) is 1.33. The Hall–Kier alpha value is -3.79. The zero-order valence-corrected chi connectivity index (χ0v) is 17.6. The number of nitriles is 1. The number of carbonyl (C=O) groups is 2. The Kier molecular flexibility index (Phi) is 7.21. The molecule has 7 nitrogen and oxygen atoms in total. The van der Waals surface area contributed by atoms with Crippen LogP contribution in [0.25, 0.3) is 6.08 Å². The van der Waals surface area contributed by atoms with E-state index >= 15 is 0 Å². The van der Waals surface area contributed by atoms with Crippen molar-refractivity contribution >= 4 is 23.8 Å². The number of hydrogen-bond acceptors (Lipinski definition) is 6. The highest BCUT2D eigenvalue weighted by atomic mass is 16.7. The molecule has 0 spiro atoms. The van der Waals surface area contributed by atoms with Crippen LogP contribution < -0.4 is 14.8 Å². The Balaban J connectivity index is 2.21. The summed E-state index contributed by atoms with van der Waals surface area (Å²) in [4.78, 5) is 24.3. The molecule has 0 atom stereocenters. The Morgan fingerprint density at radius 3 is 2.43 bits per heavy atom. The molecular weight excluding hydrogens is 384 g/mol. The SMILES string of the molecule is COc1cc(/C=C(\C#N)C(=O)Nc2cccc(C)c2)ccc1OC(=O)OC(C)(C)C. The van der Waals surface area contributed by atoms with Crippen LogP contribution in [0.1, 0.15) is 31.9 Å². The number of nitrogens with one attached hydrogen (secondary N) is 1. The number of ether oxygens (including phenoxy) is 3. The third-order valence-corrected chi connectivity index (χ3v) is 3.72. The quantitative estimate of drug-likeness (QED) is 0.328. The molecule has 2 aromatic rings. The van der Waals surface area contributed by atoms with E-state index in [4.69, 9.17) is 14.2 Å². The van der Waals surface area contributed by atoms with Crippen molar-refractivity contribution < 1.29 is 23.8 Å². The highest BCUT2D eigenvalue weighted by molar-refractivity contribution is 6.09. The Morgan fingerprint density at radius 2 is 1.83 bits per heavy atom. The van der Waals surface area contributed by atoms with E-state index in [0.717, 1.165) is 5.56 Å². The maximum absolute atomic E-state index is 12.4. The molecule has 0 unspecified atom stereocenters. The summed E-state index contributed by atoms with van der Waals surface area (Å²) in [5.74, 6) is -0.117. The molecule has 0 saturated carbocycles. The maximum atomic E-state index is 12.4. The van der Waals surface area contributed by atoms with Gasteiger partial charge in [0.05, 0.1) is 7.11 Å². The molecule has 0 bridgehead atoms. The lowest BCUT2D eigenvalue weighted by molar-refractivity contribution is -0.112. The summed E-state index contributed by atoms with van der Waals surface area (Å²) in [5, 5.41) is 12.1.